The number of carbonyl (C=O) groups excluding carboxylic acids is 4. The molecule has 0 saturated carbocycles. The van der Waals surface area contributed by atoms with E-state index in [0.29, 0.717) is 22.3 Å². The first kappa shape index (κ1) is 24.3. The number of phenols is 1. The van der Waals surface area contributed by atoms with Gasteiger partial charge in [0.15, 0.2) is 11.6 Å². The number of benzene rings is 2. The molecule has 6 rings (SSSR count). The smallest absolute Gasteiger partial charge is 0.488 e. The number of phenolic OH excluding ortho intramolecular Hbond substituents is 1. The maximum absolute atomic E-state index is 13.9. The molecule has 9 heteroatoms. The maximum atomic E-state index is 13.9. The zero-order valence-electron chi connectivity index (χ0n) is 20.5. The number of anilines is 1. The Morgan fingerprint density at radius 3 is 2.45 bits per heavy atom. The molecule has 1 fully saturated rings. The summed E-state index contributed by atoms with van der Waals surface area (Å²) in [5, 5.41) is 29.9. The number of fused-ring (bicyclic) bond motifs is 3. The van der Waals surface area contributed by atoms with Crippen molar-refractivity contribution in [2.45, 2.75) is 25.7 Å². The minimum Gasteiger partial charge on any atom is -0.508 e. The minimum atomic E-state index is -1.76. The van der Waals surface area contributed by atoms with Crippen LogP contribution in [0, 0.1) is 17.8 Å². The van der Waals surface area contributed by atoms with Crippen LogP contribution in [0.4, 0.5) is 5.69 Å². The standard InChI is InChI=1S/C29H24BNO7/c1-14-11-23(33)21-13-20-17(24(26(21)27(14)34)18-7-2-3-8-22(18)32)9-10-19-25(20)29(36)31(28(19)35)16-6-4-5-15(12-16)30(37)38/h2-9,11-12,19-20,24-25,32,37-38H,10,13H2,1H3. The highest BCUT2D eigenvalue weighted by molar-refractivity contribution is 6.58. The normalized spacial score (nSPS) is 26.6. The van der Waals surface area contributed by atoms with Crippen LogP contribution in [0.1, 0.15) is 31.2 Å². The summed E-state index contributed by atoms with van der Waals surface area (Å²) < 4.78 is 0. The number of para-hydroxylation sites is 1. The van der Waals surface area contributed by atoms with E-state index in [9.17, 15) is 34.3 Å². The van der Waals surface area contributed by atoms with Crippen LogP contribution in [0.5, 0.6) is 5.75 Å². The predicted octanol–water partition coefficient (Wildman–Crippen LogP) is 1.71. The van der Waals surface area contributed by atoms with Gasteiger partial charge in [0.1, 0.15) is 5.75 Å². The van der Waals surface area contributed by atoms with Crippen molar-refractivity contribution in [2.75, 3.05) is 4.90 Å². The number of hydrogen-bond donors (Lipinski definition) is 3. The van der Waals surface area contributed by atoms with Crippen molar-refractivity contribution in [3.8, 4) is 5.75 Å². The Balaban J connectivity index is 1.47. The molecule has 4 aliphatic rings. The zero-order valence-corrected chi connectivity index (χ0v) is 20.5. The lowest BCUT2D eigenvalue weighted by Gasteiger charge is -2.42. The van der Waals surface area contributed by atoms with Crippen LogP contribution in [0.3, 0.4) is 0 Å². The number of imide groups is 1. The summed E-state index contributed by atoms with van der Waals surface area (Å²) in [6.45, 7) is 1.60. The summed E-state index contributed by atoms with van der Waals surface area (Å²) in [4.78, 5) is 55.0. The second-order valence-corrected chi connectivity index (χ2v) is 10.3. The maximum Gasteiger partial charge on any atom is 0.488 e. The van der Waals surface area contributed by atoms with E-state index in [1.54, 1.807) is 37.3 Å². The molecule has 190 valence electrons. The fourth-order valence-electron chi connectivity index (χ4n) is 6.53. The van der Waals surface area contributed by atoms with Gasteiger partial charge in [0.2, 0.25) is 11.8 Å². The molecule has 0 aromatic heterocycles. The Hall–Kier alpha value is -4.08. The summed E-state index contributed by atoms with van der Waals surface area (Å²) in [6.07, 6.45) is 3.62. The average molecular weight is 509 g/mol. The van der Waals surface area contributed by atoms with Crippen LogP contribution < -0.4 is 10.4 Å². The monoisotopic (exact) mass is 509 g/mol. The van der Waals surface area contributed by atoms with Crippen molar-refractivity contribution in [1.82, 2.24) is 0 Å². The predicted molar refractivity (Wildman–Crippen MR) is 138 cm³/mol. The van der Waals surface area contributed by atoms with Crippen LogP contribution >= 0.6 is 0 Å². The molecule has 4 atom stereocenters. The average Bonchev–Trinajstić information content (AvgIpc) is 3.16. The second-order valence-electron chi connectivity index (χ2n) is 10.3. The molecule has 0 spiro atoms. The van der Waals surface area contributed by atoms with Crippen LogP contribution in [0.15, 0.2) is 83.0 Å². The third kappa shape index (κ3) is 3.46. The highest BCUT2D eigenvalue weighted by Crippen LogP contribution is 2.56. The molecule has 1 saturated heterocycles. The van der Waals surface area contributed by atoms with Gasteiger partial charge in [-0.05, 0) is 55.4 Å². The van der Waals surface area contributed by atoms with E-state index < -0.39 is 36.7 Å². The first-order valence-corrected chi connectivity index (χ1v) is 12.5. The summed E-state index contributed by atoms with van der Waals surface area (Å²) >= 11 is 0. The Kier molecular flexibility index (Phi) is 5.59. The first-order chi connectivity index (χ1) is 18.2. The van der Waals surface area contributed by atoms with Gasteiger partial charge < -0.3 is 15.2 Å². The van der Waals surface area contributed by atoms with Crippen LogP contribution in [0.25, 0.3) is 0 Å². The SMILES string of the molecule is CC1=CC(=O)C2=C(C1=O)C(c1ccccc1O)C1=CCC3C(=O)N(c4cccc(B(O)O)c4)C(=O)C3C1C2. The van der Waals surface area contributed by atoms with E-state index in [1.165, 1.54) is 24.3 Å². The van der Waals surface area contributed by atoms with Gasteiger partial charge in [0.05, 0.1) is 17.5 Å². The highest BCUT2D eigenvalue weighted by atomic mass is 16.4. The Morgan fingerprint density at radius 1 is 0.947 bits per heavy atom. The zero-order chi connectivity index (χ0) is 26.9. The Labute approximate surface area is 218 Å². The Bertz CT molecular complexity index is 1530. The van der Waals surface area contributed by atoms with E-state index in [1.807, 2.05) is 6.08 Å². The molecule has 0 radical (unpaired) electrons. The molecule has 8 nitrogen and oxygen atoms in total. The molecule has 3 aliphatic carbocycles. The first-order valence-electron chi connectivity index (χ1n) is 12.5. The van der Waals surface area contributed by atoms with Gasteiger partial charge in [-0.1, -0.05) is 42.0 Å². The van der Waals surface area contributed by atoms with Gasteiger partial charge in [-0.2, -0.15) is 0 Å². The Morgan fingerprint density at radius 2 is 1.71 bits per heavy atom. The molecule has 2 amide bonds. The second kappa shape index (κ2) is 8.75. The molecule has 1 aliphatic heterocycles. The number of aromatic hydroxyl groups is 1. The van der Waals surface area contributed by atoms with Crippen molar-refractivity contribution >= 4 is 41.6 Å². The van der Waals surface area contributed by atoms with Crippen LogP contribution in [-0.4, -0.2) is 45.7 Å². The third-order valence-electron chi connectivity index (χ3n) is 8.24. The van der Waals surface area contributed by atoms with Gasteiger partial charge in [0.25, 0.3) is 0 Å². The molecule has 4 unspecified atom stereocenters. The molecule has 1 heterocycles. The van der Waals surface area contributed by atoms with E-state index in [4.69, 9.17) is 0 Å². The minimum absolute atomic E-state index is 0.0182. The number of nitrogens with zero attached hydrogens (tertiary/aromatic N) is 1. The van der Waals surface area contributed by atoms with Crippen molar-refractivity contribution in [2.24, 2.45) is 17.8 Å². The van der Waals surface area contributed by atoms with Crippen molar-refractivity contribution in [3.63, 3.8) is 0 Å². The van der Waals surface area contributed by atoms with Crippen molar-refractivity contribution in [3.05, 3.63) is 88.5 Å². The lowest BCUT2D eigenvalue weighted by Crippen LogP contribution is -2.40. The molecular weight excluding hydrogens is 485 g/mol. The summed E-state index contributed by atoms with van der Waals surface area (Å²) in [5.74, 6) is -4.04. The summed E-state index contributed by atoms with van der Waals surface area (Å²) in [6, 6.07) is 12.7. The van der Waals surface area contributed by atoms with Crippen molar-refractivity contribution < 1.29 is 34.3 Å². The molecule has 38 heavy (non-hydrogen) atoms. The summed E-state index contributed by atoms with van der Waals surface area (Å²) in [7, 11) is -1.76. The molecule has 0 bridgehead atoms. The van der Waals surface area contributed by atoms with Crippen LogP contribution in [-0.2, 0) is 19.2 Å². The fraction of sp³-hybridized carbons (Fsp3) is 0.241. The van der Waals surface area contributed by atoms with Gasteiger partial charge >= 0.3 is 7.12 Å². The topological polar surface area (TPSA) is 132 Å². The third-order valence-corrected chi connectivity index (χ3v) is 8.24. The lowest BCUT2D eigenvalue weighted by molar-refractivity contribution is -0.123. The van der Waals surface area contributed by atoms with E-state index in [0.717, 1.165) is 10.5 Å². The number of ketones is 2. The molecule has 2 aromatic carbocycles. The lowest BCUT2D eigenvalue weighted by atomic mass is 9.59. The summed E-state index contributed by atoms with van der Waals surface area (Å²) in [5.41, 5.74) is 2.60. The molecular formula is C29H24BNO7. The van der Waals surface area contributed by atoms with Crippen LogP contribution in [0.2, 0.25) is 0 Å². The largest absolute Gasteiger partial charge is 0.508 e. The van der Waals surface area contributed by atoms with Gasteiger partial charge in [-0.3, -0.25) is 24.1 Å². The van der Waals surface area contributed by atoms with Gasteiger partial charge in [-0.15, -0.1) is 0 Å². The number of Topliss-reactive ketones (excluding diaryl/α,β-unsaturated/α-hetero) is 1. The molecule has 2 aromatic rings. The number of allylic oxidation sites excluding steroid dienone is 6. The van der Waals surface area contributed by atoms with Gasteiger partial charge in [0, 0.05) is 28.2 Å². The van der Waals surface area contributed by atoms with E-state index in [2.05, 4.69) is 0 Å². The quantitative estimate of drug-likeness (QED) is 0.248. The number of hydrogen-bond acceptors (Lipinski definition) is 7. The number of amides is 2. The van der Waals surface area contributed by atoms with Crippen molar-refractivity contribution in [1.29, 1.82) is 0 Å². The number of rotatable bonds is 3. The highest BCUT2D eigenvalue weighted by Gasteiger charge is 2.56. The van der Waals surface area contributed by atoms with E-state index in [-0.39, 0.29) is 47.2 Å². The van der Waals surface area contributed by atoms with E-state index >= 15 is 0 Å². The van der Waals surface area contributed by atoms with Gasteiger partial charge in [-0.25, -0.2) is 0 Å². The number of carbonyl (C=O) groups is 4. The molecule has 3 N–H and O–H groups in total. The fourth-order valence-corrected chi connectivity index (χ4v) is 6.53.